The number of rotatable bonds is 6. The highest BCUT2D eigenvalue weighted by Gasteiger charge is 2.28. The molecule has 2 aromatic rings. The summed E-state index contributed by atoms with van der Waals surface area (Å²) >= 11 is 1.58. The van der Waals surface area contributed by atoms with E-state index in [1.54, 1.807) is 18.9 Å². The van der Waals surface area contributed by atoms with Gasteiger partial charge >= 0.3 is 0 Å². The Labute approximate surface area is 184 Å². The number of nitrogens with zero attached hydrogens (tertiary/aromatic N) is 1. The Kier molecular flexibility index (Phi) is 7.24. The predicted molar refractivity (Wildman–Crippen MR) is 122 cm³/mol. The van der Waals surface area contributed by atoms with Crippen LogP contribution >= 0.6 is 11.8 Å². The smallest absolute Gasteiger partial charge is 0.232 e. The van der Waals surface area contributed by atoms with Gasteiger partial charge in [-0.2, -0.15) is 0 Å². The second-order valence-corrected chi connectivity index (χ2v) is 9.86. The van der Waals surface area contributed by atoms with E-state index in [9.17, 15) is 9.59 Å². The van der Waals surface area contributed by atoms with Crippen molar-refractivity contribution < 1.29 is 14.3 Å². The van der Waals surface area contributed by atoms with E-state index in [0.29, 0.717) is 18.8 Å². The van der Waals surface area contributed by atoms with Crippen LogP contribution in [0.15, 0.2) is 53.4 Å². The Morgan fingerprint density at radius 1 is 1.00 bits per heavy atom. The van der Waals surface area contributed by atoms with Crippen LogP contribution in [0.25, 0.3) is 0 Å². The first-order chi connectivity index (χ1) is 14.3. The minimum Gasteiger partial charge on any atom is -0.497 e. The van der Waals surface area contributed by atoms with Gasteiger partial charge in [-0.1, -0.05) is 32.9 Å². The van der Waals surface area contributed by atoms with E-state index in [-0.39, 0.29) is 23.0 Å². The van der Waals surface area contributed by atoms with Crippen LogP contribution in [0.5, 0.6) is 5.75 Å². The molecular weight excluding hydrogens is 394 g/mol. The topological polar surface area (TPSA) is 46.6 Å². The fourth-order valence-electron chi connectivity index (χ4n) is 3.67. The van der Waals surface area contributed by atoms with Gasteiger partial charge in [0, 0.05) is 29.5 Å². The maximum Gasteiger partial charge on any atom is 0.232 e. The van der Waals surface area contributed by atoms with Gasteiger partial charge in [0.25, 0.3) is 0 Å². The van der Waals surface area contributed by atoms with E-state index in [1.807, 2.05) is 29.2 Å². The number of ketones is 1. The number of benzene rings is 2. The van der Waals surface area contributed by atoms with E-state index in [0.717, 1.165) is 29.1 Å². The van der Waals surface area contributed by atoms with Crippen molar-refractivity contribution in [2.45, 2.75) is 43.9 Å². The molecule has 0 aliphatic carbocycles. The molecule has 0 aromatic heterocycles. The van der Waals surface area contributed by atoms with Gasteiger partial charge in [-0.05, 0) is 60.2 Å². The highest BCUT2D eigenvalue weighted by atomic mass is 32.2. The molecule has 1 aliphatic heterocycles. The molecule has 0 bridgehead atoms. The Morgan fingerprint density at radius 3 is 2.13 bits per heavy atom. The first kappa shape index (κ1) is 22.4. The van der Waals surface area contributed by atoms with Crippen LogP contribution in [-0.2, 0) is 10.2 Å². The van der Waals surface area contributed by atoms with Gasteiger partial charge in [0.15, 0.2) is 5.78 Å². The molecule has 0 saturated carbocycles. The van der Waals surface area contributed by atoms with Gasteiger partial charge in [0.05, 0.1) is 12.9 Å². The second-order valence-electron chi connectivity index (χ2n) is 8.81. The summed E-state index contributed by atoms with van der Waals surface area (Å²) in [6, 6.07) is 15.7. The fourth-order valence-corrected chi connectivity index (χ4v) is 4.47. The third-order valence-corrected chi connectivity index (χ3v) is 6.67. The van der Waals surface area contributed by atoms with E-state index in [4.69, 9.17) is 4.74 Å². The lowest BCUT2D eigenvalue weighted by Gasteiger charge is -2.31. The monoisotopic (exact) mass is 425 g/mol. The maximum atomic E-state index is 12.7. The Bertz CT molecular complexity index is 861. The SMILES string of the molecule is COc1ccc(C(=O)C2CCN(C(=O)CSc3ccc(C(C)(C)C)cc3)CC2)cc1. The lowest BCUT2D eigenvalue weighted by molar-refractivity contribution is -0.129. The average molecular weight is 426 g/mol. The summed E-state index contributed by atoms with van der Waals surface area (Å²) in [5.41, 5.74) is 2.14. The standard InChI is InChI=1S/C25H31NO3S/c1-25(2,3)20-7-11-22(12-8-20)30-17-23(27)26-15-13-19(14-16-26)24(28)18-5-9-21(29-4)10-6-18/h5-12,19H,13-17H2,1-4H3. The van der Waals surface area contributed by atoms with Crippen LogP contribution in [0.1, 0.15) is 49.5 Å². The van der Waals surface area contributed by atoms with Crippen LogP contribution in [0.3, 0.4) is 0 Å². The Hall–Kier alpha value is -2.27. The summed E-state index contributed by atoms with van der Waals surface area (Å²) in [6.07, 6.45) is 1.45. The summed E-state index contributed by atoms with van der Waals surface area (Å²) in [4.78, 5) is 28.4. The van der Waals surface area contributed by atoms with Crippen molar-refractivity contribution in [2.24, 2.45) is 5.92 Å². The van der Waals surface area contributed by atoms with Crippen molar-refractivity contribution in [3.63, 3.8) is 0 Å². The normalized spacial score (nSPS) is 15.1. The molecule has 5 heteroatoms. The van der Waals surface area contributed by atoms with Gasteiger partial charge in [-0.15, -0.1) is 11.8 Å². The number of piperidine rings is 1. The van der Waals surface area contributed by atoms with Gasteiger partial charge in [0.2, 0.25) is 5.91 Å². The number of hydrogen-bond donors (Lipinski definition) is 0. The van der Waals surface area contributed by atoms with Crippen molar-refractivity contribution >= 4 is 23.5 Å². The van der Waals surface area contributed by atoms with Crippen molar-refractivity contribution in [1.29, 1.82) is 0 Å². The number of hydrogen-bond acceptors (Lipinski definition) is 4. The quantitative estimate of drug-likeness (QED) is 0.471. The Balaban J connectivity index is 1.47. The van der Waals surface area contributed by atoms with Crippen molar-refractivity contribution in [3.05, 3.63) is 59.7 Å². The lowest BCUT2D eigenvalue weighted by Crippen LogP contribution is -2.41. The lowest BCUT2D eigenvalue weighted by atomic mass is 9.87. The number of amides is 1. The van der Waals surface area contributed by atoms with Crippen LogP contribution in [0, 0.1) is 5.92 Å². The number of thioether (sulfide) groups is 1. The molecule has 3 rings (SSSR count). The third kappa shape index (κ3) is 5.66. The average Bonchev–Trinajstić information content (AvgIpc) is 2.77. The number of ether oxygens (including phenoxy) is 1. The highest BCUT2D eigenvalue weighted by Crippen LogP contribution is 2.27. The molecule has 0 N–H and O–H groups in total. The van der Waals surface area contributed by atoms with E-state index in [2.05, 4.69) is 45.0 Å². The number of carbonyl (C=O) groups excluding carboxylic acids is 2. The largest absolute Gasteiger partial charge is 0.497 e. The van der Waals surface area contributed by atoms with E-state index in [1.165, 1.54) is 5.56 Å². The second kappa shape index (κ2) is 9.69. The molecule has 0 spiro atoms. The molecular formula is C25H31NO3S. The fraction of sp³-hybridized carbons (Fsp3) is 0.440. The molecule has 1 aliphatic rings. The minimum absolute atomic E-state index is 0.0139. The van der Waals surface area contributed by atoms with Crippen LogP contribution in [0.2, 0.25) is 0 Å². The molecule has 0 unspecified atom stereocenters. The minimum atomic E-state index is -0.0139. The Morgan fingerprint density at radius 2 is 1.60 bits per heavy atom. The molecule has 1 fully saturated rings. The number of carbonyl (C=O) groups is 2. The maximum absolute atomic E-state index is 12.7. The van der Waals surface area contributed by atoms with Gasteiger partial charge < -0.3 is 9.64 Å². The van der Waals surface area contributed by atoms with Crippen molar-refractivity contribution in [3.8, 4) is 5.75 Å². The molecule has 0 atom stereocenters. The zero-order chi connectivity index (χ0) is 21.7. The number of likely N-dealkylation sites (tertiary alicyclic amines) is 1. The molecule has 1 heterocycles. The van der Waals surface area contributed by atoms with Crippen LogP contribution < -0.4 is 4.74 Å². The van der Waals surface area contributed by atoms with Gasteiger partial charge in [-0.25, -0.2) is 0 Å². The summed E-state index contributed by atoms with van der Waals surface area (Å²) in [6.45, 7) is 7.88. The molecule has 0 radical (unpaired) electrons. The number of methoxy groups -OCH3 is 1. The molecule has 4 nitrogen and oxygen atoms in total. The van der Waals surface area contributed by atoms with Gasteiger partial charge in [0.1, 0.15) is 5.75 Å². The van der Waals surface area contributed by atoms with Crippen LogP contribution in [0.4, 0.5) is 0 Å². The van der Waals surface area contributed by atoms with Gasteiger partial charge in [-0.3, -0.25) is 9.59 Å². The predicted octanol–water partition coefficient (Wildman–Crippen LogP) is 5.21. The first-order valence-electron chi connectivity index (χ1n) is 10.5. The summed E-state index contributed by atoms with van der Waals surface area (Å²) in [5.74, 6) is 1.48. The zero-order valence-electron chi connectivity index (χ0n) is 18.3. The number of Topliss-reactive ketones (excluding diaryl/α,β-unsaturated/α-hetero) is 1. The third-order valence-electron chi connectivity index (χ3n) is 5.68. The van der Waals surface area contributed by atoms with E-state index >= 15 is 0 Å². The first-order valence-corrected chi connectivity index (χ1v) is 11.5. The summed E-state index contributed by atoms with van der Waals surface area (Å²) in [5, 5.41) is 0. The highest BCUT2D eigenvalue weighted by molar-refractivity contribution is 8.00. The molecule has 1 saturated heterocycles. The molecule has 2 aromatic carbocycles. The molecule has 1 amide bonds. The molecule has 160 valence electrons. The summed E-state index contributed by atoms with van der Waals surface area (Å²) in [7, 11) is 1.61. The van der Waals surface area contributed by atoms with Crippen molar-refractivity contribution in [2.75, 3.05) is 26.0 Å². The molecule has 30 heavy (non-hydrogen) atoms. The zero-order valence-corrected chi connectivity index (χ0v) is 19.1. The van der Waals surface area contributed by atoms with E-state index < -0.39 is 0 Å². The van der Waals surface area contributed by atoms with Crippen molar-refractivity contribution in [1.82, 2.24) is 4.90 Å². The van der Waals surface area contributed by atoms with Crippen LogP contribution in [-0.4, -0.2) is 42.5 Å². The summed E-state index contributed by atoms with van der Waals surface area (Å²) < 4.78 is 5.15.